The van der Waals surface area contributed by atoms with Crippen LogP contribution in [0, 0.1) is 5.82 Å². The second kappa shape index (κ2) is 6.16. The average molecular weight is 298 g/mol. The molecule has 1 nitrogen and oxygen atoms in total. The lowest BCUT2D eigenvalue weighted by Gasteiger charge is -2.16. The van der Waals surface area contributed by atoms with E-state index in [0.29, 0.717) is 11.3 Å². The Morgan fingerprint density at radius 2 is 1.71 bits per heavy atom. The van der Waals surface area contributed by atoms with Crippen molar-refractivity contribution in [3.8, 4) is 11.5 Å². The van der Waals surface area contributed by atoms with Gasteiger partial charge < -0.3 is 4.74 Å². The van der Waals surface area contributed by atoms with Gasteiger partial charge in [-0.15, -0.1) is 0 Å². The largest absolute Gasteiger partial charge is 0.454 e. The molecule has 2 rings (SSSR count). The van der Waals surface area contributed by atoms with Gasteiger partial charge in [-0.3, -0.25) is 0 Å². The molecule has 112 valence electrons. The molecule has 1 atom stereocenters. The van der Waals surface area contributed by atoms with Crippen LogP contribution in [0.4, 0.5) is 17.6 Å². The number of halogens is 4. The zero-order valence-electron chi connectivity index (χ0n) is 11.3. The zero-order chi connectivity index (χ0) is 15.5. The molecule has 1 unspecified atom stereocenters. The molecule has 0 saturated carbocycles. The highest BCUT2D eigenvalue weighted by Crippen LogP contribution is 2.34. The molecule has 0 spiro atoms. The van der Waals surface area contributed by atoms with Crippen molar-refractivity contribution in [2.24, 2.45) is 0 Å². The van der Waals surface area contributed by atoms with Crippen LogP contribution in [0.15, 0.2) is 48.5 Å². The summed E-state index contributed by atoms with van der Waals surface area (Å²) in [6.45, 7) is 1.45. The minimum absolute atomic E-state index is 0.0762. The molecule has 21 heavy (non-hydrogen) atoms. The zero-order valence-corrected chi connectivity index (χ0v) is 11.3. The summed E-state index contributed by atoms with van der Waals surface area (Å²) < 4.78 is 56.3. The van der Waals surface area contributed by atoms with E-state index in [-0.39, 0.29) is 5.75 Å². The van der Waals surface area contributed by atoms with Gasteiger partial charge in [-0.2, -0.15) is 13.2 Å². The first-order chi connectivity index (χ1) is 9.85. The molecule has 2 aromatic rings. The smallest absolute Gasteiger partial charge is 0.389 e. The van der Waals surface area contributed by atoms with Gasteiger partial charge in [-0.1, -0.05) is 31.2 Å². The first kappa shape index (κ1) is 15.4. The van der Waals surface area contributed by atoms with Crippen molar-refractivity contribution in [3.63, 3.8) is 0 Å². The van der Waals surface area contributed by atoms with Crippen LogP contribution in [-0.4, -0.2) is 6.18 Å². The molecule has 0 N–H and O–H groups in total. The summed E-state index contributed by atoms with van der Waals surface area (Å²) in [5.41, 5.74) is 0.389. The Kier molecular flexibility index (Phi) is 4.50. The Morgan fingerprint density at radius 1 is 1.05 bits per heavy atom. The van der Waals surface area contributed by atoms with E-state index in [0.717, 1.165) is 6.07 Å². The summed E-state index contributed by atoms with van der Waals surface area (Å²) in [5, 5.41) is 0. The third-order valence-corrected chi connectivity index (χ3v) is 3.03. The fourth-order valence-electron chi connectivity index (χ4n) is 1.99. The Labute approximate surface area is 120 Å². The van der Waals surface area contributed by atoms with Gasteiger partial charge in [0.2, 0.25) is 0 Å². The molecule has 0 radical (unpaired) electrons. The maximum absolute atomic E-state index is 13.7. The highest BCUT2D eigenvalue weighted by atomic mass is 19.4. The molecule has 2 aromatic carbocycles. The Balaban J connectivity index is 2.21. The molecule has 0 heterocycles. The fourth-order valence-corrected chi connectivity index (χ4v) is 1.99. The van der Waals surface area contributed by atoms with Crippen LogP contribution in [0.1, 0.15) is 24.8 Å². The molecule has 5 heteroatoms. The predicted octanol–water partition coefficient (Wildman–Crippen LogP) is 5.67. The second-order valence-electron chi connectivity index (χ2n) is 4.83. The number of hydrogen-bond donors (Lipinski definition) is 0. The van der Waals surface area contributed by atoms with E-state index in [9.17, 15) is 17.6 Å². The van der Waals surface area contributed by atoms with Crippen molar-refractivity contribution in [1.82, 2.24) is 0 Å². The van der Waals surface area contributed by atoms with Gasteiger partial charge in [0.05, 0.1) is 6.42 Å². The quantitative estimate of drug-likeness (QED) is 0.660. The molecule has 0 saturated heterocycles. The van der Waals surface area contributed by atoms with Crippen molar-refractivity contribution < 1.29 is 22.3 Å². The van der Waals surface area contributed by atoms with Gasteiger partial charge >= 0.3 is 6.18 Å². The number of alkyl halides is 3. The van der Waals surface area contributed by atoms with Gasteiger partial charge in [-0.25, -0.2) is 4.39 Å². The molecule has 0 amide bonds. The highest BCUT2D eigenvalue weighted by molar-refractivity contribution is 5.36. The van der Waals surface area contributed by atoms with Gasteiger partial charge in [0.1, 0.15) is 5.75 Å². The summed E-state index contributed by atoms with van der Waals surface area (Å²) in [5.74, 6) is -1.02. The summed E-state index contributed by atoms with van der Waals surface area (Å²) in [4.78, 5) is 0. The first-order valence-electron chi connectivity index (χ1n) is 6.44. The van der Waals surface area contributed by atoms with Crippen molar-refractivity contribution in [2.75, 3.05) is 0 Å². The van der Waals surface area contributed by atoms with E-state index < -0.39 is 24.3 Å². The third-order valence-electron chi connectivity index (χ3n) is 3.03. The van der Waals surface area contributed by atoms with Crippen LogP contribution in [0.2, 0.25) is 0 Å². The minimum atomic E-state index is -4.26. The highest BCUT2D eigenvalue weighted by Gasteiger charge is 2.30. The Bertz CT molecular complexity index is 593. The second-order valence-corrected chi connectivity index (χ2v) is 4.83. The predicted molar refractivity (Wildman–Crippen MR) is 72.0 cm³/mol. The van der Waals surface area contributed by atoms with E-state index >= 15 is 0 Å². The van der Waals surface area contributed by atoms with Crippen LogP contribution in [0.25, 0.3) is 0 Å². The van der Waals surface area contributed by atoms with E-state index in [1.807, 2.05) is 0 Å². The summed E-state index contributed by atoms with van der Waals surface area (Å²) in [6.07, 6.45) is -5.21. The SMILES string of the molecule is CC(CC(F)(F)F)c1ccc(F)c(Oc2ccccc2)c1. The standard InChI is InChI=1S/C16H14F4O/c1-11(10-16(18,19)20)12-7-8-14(17)15(9-12)21-13-5-3-2-4-6-13/h2-9,11H,10H2,1H3. The molecular formula is C16H14F4O. The van der Waals surface area contributed by atoms with Crippen LogP contribution in [0.5, 0.6) is 11.5 Å². The van der Waals surface area contributed by atoms with Gasteiger partial charge in [0.15, 0.2) is 11.6 Å². The monoisotopic (exact) mass is 298 g/mol. The van der Waals surface area contributed by atoms with Gasteiger partial charge in [0, 0.05) is 0 Å². The van der Waals surface area contributed by atoms with E-state index in [2.05, 4.69) is 0 Å². The van der Waals surface area contributed by atoms with Crippen molar-refractivity contribution in [1.29, 1.82) is 0 Å². The van der Waals surface area contributed by atoms with E-state index in [4.69, 9.17) is 4.74 Å². The van der Waals surface area contributed by atoms with Gasteiger partial charge in [-0.05, 0) is 35.7 Å². The van der Waals surface area contributed by atoms with Crippen LogP contribution >= 0.6 is 0 Å². The molecule has 0 aliphatic heterocycles. The topological polar surface area (TPSA) is 9.23 Å². The molecule has 0 aromatic heterocycles. The van der Waals surface area contributed by atoms with E-state index in [1.165, 1.54) is 19.1 Å². The summed E-state index contributed by atoms with van der Waals surface area (Å²) in [6, 6.07) is 12.3. The minimum Gasteiger partial charge on any atom is -0.454 e. The molecule has 0 bridgehead atoms. The summed E-state index contributed by atoms with van der Waals surface area (Å²) in [7, 11) is 0. The fraction of sp³-hybridized carbons (Fsp3) is 0.250. The molecule has 0 aliphatic rings. The van der Waals surface area contributed by atoms with Crippen LogP contribution < -0.4 is 4.74 Å². The lowest BCUT2D eigenvalue weighted by molar-refractivity contribution is -0.137. The average Bonchev–Trinajstić information content (AvgIpc) is 2.40. The Hall–Kier alpha value is -2.04. The number of rotatable bonds is 4. The molecule has 0 fully saturated rings. The maximum atomic E-state index is 13.7. The number of hydrogen-bond acceptors (Lipinski definition) is 1. The Morgan fingerprint density at radius 3 is 2.33 bits per heavy atom. The maximum Gasteiger partial charge on any atom is 0.389 e. The molecular weight excluding hydrogens is 284 g/mol. The van der Waals surface area contributed by atoms with Crippen molar-refractivity contribution in [3.05, 3.63) is 59.9 Å². The van der Waals surface area contributed by atoms with E-state index in [1.54, 1.807) is 30.3 Å². The number of benzene rings is 2. The van der Waals surface area contributed by atoms with Crippen LogP contribution in [0.3, 0.4) is 0 Å². The van der Waals surface area contributed by atoms with Crippen molar-refractivity contribution in [2.45, 2.75) is 25.4 Å². The molecule has 0 aliphatic carbocycles. The number of para-hydroxylation sites is 1. The lowest BCUT2D eigenvalue weighted by atomic mass is 9.97. The van der Waals surface area contributed by atoms with Gasteiger partial charge in [0.25, 0.3) is 0 Å². The first-order valence-corrected chi connectivity index (χ1v) is 6.44. The van der Waals surface area contributed by atoms with Crippen molar-refractivity contribution >= 4 is 0 Å². The normalized spacial score (nSPS) is 13.0. The third kappa shape index (κ3) is 4.48. The van der Waals surface area contributed by atoms with Crippen LogP contribution in [-0.2, 0) is 0 Å². The lowest BCUT2D eigenvalue weighted by Crippen LogP contribution is -2.12. The summed E-state index contributed by atoms with van der Waals surface area (Å²) >= 11 is 0. The number of ether oxygens (including phenoxy) is 1.